The average Bonchev–Trinajstić information content (AvgIpc) is 3.15. The van der Waals surface area contributed by atoms with Crippen LogP contribution in [-0.4, -0.2) is 30.2 Å². The number of hydrogen-bond acceptors (Lipinski definition) is 4. The molecule has 0 aliphatic carbocycles. The summed E-state index contributed by atoms with van der Waals surface area (Å²) >= 11 is 0. The van der Waals surface area contributed by atoms with Gasteiger partial charge in [0.2, 0.25) is 5.91 Å². The third-order valence-corrected chi connectivity index (χ3v) is 3.55. The molecule has 0 saturated heterocycles. The van der Waals surface area contributed by atoms with E-state index in [1.165, 1.54) is 0 Å². The Hall–Kier alpha value is -2.96. The maximum Gasteiger partial charge on any atom is 0.225 e. The second-order valence-corrected chi connectivity index (χ2v) is 6.59. The summed E-state index contributed by atoms with van der Waals surface area (Å²) in [5.74, 6) is 0.713. The Labute approximate surface area is 140 Å². The Balaban J connectivity index is 2.01. The molecule has 0 saturated carbocycles. The van der Waals surface area contributed by atoms with Gasteiger partial charge in [0.05, 0.1) is 18.3 Å². The highest BCUT2D eigenvalue weighted by Gasteiger charge is 2.22. The van der Waals surface area contributed by atoms with Crippen molar-refractivity contribution >= 4 is 5.91 Å². The van der Waals surface area contributed by atoms with Gasteiger partial charge in [-0.05, 0) is 45.0 Å². The van der Waals surface area contributed by atoms with E-state index >= 15 is 0 Å². The highest BCUT2D eigenvalue weighted by atomic mass is 16.1. The number of carbonyl (C=O) groups excluding carboxylic acids is 1. The molecule has 2 aromatic heterocycles. The molecule has 0 radical (unpaired) electrons. The number of nitrogens with two attached hydrogens (primary N) is 1. The fraction of sp³-hybridized carbons (Fsp3) is 0.294. The SMILES string of the molecule is CC(C)(C)n1nc(CC(N)=O)nc1-c1ccc(-n2ccnc2)cc1. The van der Waals surface area contributed by atoms with Gasteiger partial charge in [0.15, 0.2) is 11.6 Å². The molecule has 1 amide bonds. The summed E-state index contributed by atoms with van der Waals surface area (Å²) in [4.78, 5) is 19.7. The molecule has 3 aromatic rings. The predicted octanol–water partition coefficient (Wildman–Crippen LogP) is 1.91. The fourth-order valence-electron chi connectivity index (χ4n) is 2.43. The summed E-state index contributed by atoms with van der Waals surface area (Å²) in [5.41, 5.74) is 6.94. The van der Waals surface area contributed by atoms with Crippen LogP contribution in [0.4, 0.5) is 0 Å². The van der Waals surface area contributed by atoms with Crippen LogP contribution in [0.5, 0.6) is 0 Å². The van der Waals surface area contributed by atoms with E-state index in [1.807, 2.05) is 60.5 Å². The van der Waals surface area contributed by atoms with Crippen LogP contribution in [0.1, 0.15) is 26.6 Å². The van der Waals surface area contributed by atoms with Crippen LogP contribution >= 0.6 is 0 Å². The van der Waals surface area contributed by atoms with Crippen molar-refractivity contribution in [2.24, 2.45) is 5.73 Å². The van der Waals surface area contributed by atoms with Gasteiger partial charge in [-0.1, -0.05) is 0 Å². The standard InChI is InChI=1S/C17H20N6O/c1-17(2,3)23-16(20-15(21-23)10-14(18)24)12-4-6-13(7-5-12)22-9-8-19-11-22/h4-9,11H,10H2,1-3H3,(H2,18,24). The van der Waals surface area contributed by atoms with Crippen molar-refractivity contribution in [3.05, 3.63) is 48.8 Å². The van der Waals surface area contributed by atoms with Crippen LogP contribution in [0.15, 0.2) is 43.0 Å². The van der Waals surface area contributed by atoms with Gasteiger partial charge in [0, 0.05) is 23.6 Å². The first-order valence-corrected chi connectivity index (χ1v) is 7.68. The highest BCUT2D eigenvalue weighted by molar-refractivity contribution is 5.75. The molecule has 7 nitrogen and oxygen atoms in total. The van der Waals surface area contributed by atoms with E-state index in [1.54, 1.807) is 12.5 Å². The van der Waals surface area contributed by atoms with Gasteiger partial charge in [-0.15, -0.1) is 0 Å². The highest BCUT2D eigenvalue weighted by Crippen LogP contribution is 2.25. The van der Waals surface area contributed by atoms with Crippen molar-refractivity contribution in [2.75, 3.05) is 0 Å². The molecule has 0 atom stereocenters. The van der Waals surface area contributed by atoms with Crippen molar-refractivity contribution < 1.29 is 4.79 Å². The van der Waals surface area contributed by atoms with Crippen LogP contribution in [-0.2, 0) is 16.8 Å². The third-order valence-electron chi connectivity index (χ3n) is 3.55. The van der Waals surface area contributed by atoms with Crippen LogP contribution in [0.2, 0.25) is 0 Å². The van der Waals surface area contributed by atoms with Crippen LogP contribution in [0.3, 0.4) is 0 Å². The molecule has 0 spiro atoms. The second-order valence-electron chi connectivity index (χ2n) is 6.59. The first-order chi connectivity index (χ1) is 11.3. The zero-order valence-electron chi connectivity index (χ0n) is 14.0. The molecule has 0 unspecified atom stereocenters. The lowest BCUT2D eigenvalue weighted by Crippen LogP contribution is -2.24. The molecule has 2 N–H and O–H groups in total. The van der Waals surface area contributed by atoms with E-state index in [2.05, 4.69) is 15.1 Å². The normalized spacial score (nSPS) is 11.6. The number of rotatable bonds is 4. The number of nitrogens with zero attached hydrogens (tertiary/aromatic N) is 5. The Morgan fingerprint density at radius 1 is 1.21 bits per heavy atom. The number of amides is 1. The summed E-state index contributed by atoms with van der Waals surface area (Å²) in [5, 5.41) is 4.46. The molecular formula is C17H20N6O. The third kappa shape index (κ3) is 3.19. The number of carbonyl (C=O) groups is 1. The van der Waals surface area contributed by atoms with Crippen molar-refractivity contribution in [2.45, 2.75) is 32.7 Å². The Bertz CT molecular complexity index is 840. The Morgan fingerprint density at radius 2 is 1.92 bits per heavy atom. The summed E-state index contributed by atoms with van der Waals surface area (Å²) in [7, 11) is 0. The molecular weight excluding hydrogens is 304 g/mol. The van der Waals surface area contributed by atoms with Gasteiger partial charge in [0.1, 0.15) is 0 Å². The first kappa shape index (κ1) is 15.9. The monoisotopic (exact) mass is 324 g/mol. The van der Waals surface area contributed by atoms with Crippen molar-refractivity contribution in [3.63, 3.8) is 0 Å². The number of aromatic nitrogens is 5. The molecule has 0 fully saturated rings. The largest absolute Gasteiger partial charge is 0.369 e. The average molecular weight is 324 g/mol. The quantitative estimate of drug-likeness (QED) is 0.793. The molecule has 3 rings (SSSR count). The molecule has 7 heteroatoms. The number of imidazole rings is 1. The van der Waals surface area contributed by atoms with Crippen LogP contribution < -0.4 is 5.73 Å². The fourth-order valence-corrected chi connectivity index (χ4v) is 2.43. The molecule has 0 aliphatic rings. The summed E-state index contributed by atoms with van der Waals surface area (Å²) < 4.78 is 3.76. The summed E-state index contributed by atoms with van der Waals surface area (Å²) in [6.07, 6.45) is 5.40. The van der Waals surface area contributed by atoms with Gasteiger partial charge in [-0.25, -0.2) is 14.6 Å². The molecule has 24 heavy (non-hydrogen) atoms. The molecule has 124 valence electrons. The zero-order valence-corrected chi connectivity index (χ0v) is 14.0. The molecule has 0 bridgehead atoms. The van der Waals surface area contributed by atoms with Crippen molar-refractivity contribution in [1.82, 2.24) is 24.3 Å². The maximum absolute atomic E-state index is 11.2. The molecule has 2 heterocycles. The van der Waals surface area contributed by atoms with Gasteiger partial charge in [-0.2, -0.15) is 5.10 Å². The minimum Gasteiger partial charge on any atom is -0.369 e. The smallest absolute Gasteiger partial charge is 0.225 e. The lowest BCUT2D eigenvalue weighted by atomic mass is 10.1. The second kappa shape index (κ2) is 5.92. The van der Waals surface area contributed by atoms with Crippen LogP contribution in [0, 0.1) is 0 Å². The molecule has 1 aromatic carbocycles. The van der Waals surface area contributed by atoms with Gasteiger partial charge in [-0.3, -0.25) is 4.79 Å². The Morgan fingerprint density at radius 3 is 2.46 bits per heavy atom. The van der Waals surface area contributed by atoms with Gasteiger partial charge < -0.3 is 10.3 Å². The number of benzene rings is 1. The Kier molecular flexibility index (Phi) is 3.92. The predicted molar refractivity (Wildman–Crippen MR) is 90.5 cm³/mol. The van der Waals surface area contributed by atoms with Gasteiger partial charge in [0.25, 0.3) is 0 Å². The minimum atomic E-state index is -0.442. The summed E-state index contributed by atoms with van der Waals surface area (Å²) in [6.45, 7) is 6.12. The number of primary amides is 1. The van der Waals surface area contributed by atoms with Crippen molar-refractivity contribution in [1.29, 1.82) is 0 Å². The summed E-state index contributed by atoms with van der Waals surface area (Å²) in [6, 6.07) is 7.95. The maximum atomic E-state index is 11.2. The van der Waals surface area contributed by atoms with E-state index in [0.717, 1.165) is 17.1 Å². The van der Waals surface area contributed by atoms with Crippen LogP contribution in [0.25, 0.3) is 17.1 Å². The minimum absolute atomic E-state index is 0.0310. The number of hydrogen-bond donors (Lipinski definition) is 1. The lowest BCUT2D eigenvalue weighted by molar-refractivity contribution is -0.117. The van der Waals surface area contributed by atoms with E-state index < -0.39 is 5.91 Å². The van der Waals surface area contributed by atoms with E-state index in [4.69, 9.17) is 5.73 Å². The van der Waals surface area contributed by atoms with E-state index in [-0.39, 0.29) is 12.0 Å². The zero-order chi connectivity index (χ0) is 17.3. The molecule has 0 aliphatic heterocycles. The first-order valence-electron chi connectivity index (χ1n) is 7.68. The topological polar surface area (TPSA) is 91.6 Å². The van der Waals surface area contributed by atoms with Gasteiger partial charge >= 0.3 is 0 Å². The lowest BCUT2D eigenvalue weighted by Gasteiger charge is -2.21. The van der Waals surface area contributed by atoms with Crippen molar-refractivity contribution in [3.8, 4) is 17.1 Å². The van der Waals surface area contributed by atoms with E-state index in [9.17, 15) is 4.79 Å². The van der Waals surface area contributed by atoms with E-state index in [0.29, 0.717) is 5.82 Å².